The van der Waals surface area contributed by atoms with Crippen molar-refractivity contribution in [1.82, 2.24) is 4.90 Å². The third-order valence-electron chi connectivity index (χ3n) is 6.18. The summed E-state index contributed by atoms with van der Waals surface area (Å²) in [4.78, 5) is 39.2. The van der Waals surface area contributed by atoms with Crippen molar-refractivity contribution in [2.75, 3.05) is 0 Å². The molecule has 0 N–H and O–H groups in total. The Morgan fingerprint density at radius 3 is 2.08 bits per heavy atom. The normalized spacial score (nSPS) is 38.3. The number of imide groups is 3. The smallest absolute Gasteiger partial charge is 0.240 e. The van der Waals surface area contributed by atoms with Crippen molar-refractivity contribution in [3.05, 3.63) is 47.0 Å². The summed E-state index contributed by atoms with van der Waals surface area (Å²) >= 11 is 5.85. The number of nitrogens with zero attached hydrogens (tertiary/aromatic N) is 1. The monoisotopic (exact) mass is 341 g/mol. The highest BCUT2D eigenvalue weighted by Gasteiger charge is 2.67. The predicted octanol–water partition coefficient (Wildman–Crippen LogP) is 2.46. The average Bonchev–Trinajstić information content (AvgIpc) is 3.34. The number of benzene rings is 1. The molecule has 5 aliphatic rings. The summed E-state index contributed by atoms with van der Waals surface area (Å²) < 4.78 is 0. The van der Waals surface area contributed by atoms with Gasteiger partial charge in [-0.05, 0) is 47.8 Å². The number of carbonyl (C=O) groups excluding carboxylic acids is 3. The molecule has 24 heavy (non-hydrogen) atoms. The Bertz CT molecular complexity index is 763. The van der Waals surface area contributed by atoms with E-state index in [2.05, 4.69) is 12.2 Å². The van der Waals surface area contributed by atoms with Gasteiger partial charge in [0.1, 0.15) is 0 Å². The molecule has 6 atom stereocenters. The van der Waals surface area contributed by atoms with E-state index in [4.69, 9.17) is 11.6 Å². The lowest BCUT2D eigenvalue weighted by molar-refractivity contribution is -0.150. The van der Waals surface area contributed by atoms with Crippen LogP contribution >= 0.6 is 11.6 Å². The fourth-order valence-electron chi connectivity index (χ4n) is 5.06. The zero-order valence-corrected chi connectivity index (χ0v) is 13.6. The van der Waals surface area contributed by atoms with E-state index in [0.29, 0.717) is 16.9 Å². The molecule has 0 aromatic heterocycles. The third kappa shape index (κ3) is 1.83. The van der Waals surface area contributed by atoms with Gasteiger partial charge in [0.15, 0.2) is 0 Å². The topological polar surface area (TPSA) is 54.5 Å². The number of allylic oxidation sites excluding steroid dienone is 2. The van der Waals surface area contributed by atoms with E-state index in [9.17, 15) is 14.4 Å². The molecular formula is C19H16ClNO3. The molecule has 6 rings (SSSR count). The van der Waals surface area contributed by atoms with Crippen LogP contribution < -0.4 is 0 Å². The molecule has 3 fully saturated rings. The van der Waals surface area contributed by atoms with Crippen LogP contribution in [0.25, 0.3) is 0 Å². The first-order chi connectivity index (χ1) is 11.6. The SMILES string of the molecule is O=C(Cc1ccc(Cl)cc1)N1C(=O)[C@@H]2[C@H]3C=C[C@@H]([C@@H]4C[C@H]34)[C@@H]2C1=O. The molecule has 0 radical (unpaired) electrons. The zero-order chi connectivity index (χ0) is 16.6. The maximum atomic E-state index is 12.8. The molecule has 1 aromatic rings. The molecule has 4 aliphatic carbocycles. The van der Waals surface area contributed by atoms with E-state index < -0.39 is 5.91 Å². The fraction of sp³-hybridized carbons (Fsp3) is 0.421. The fourth-order valence-corrected chi connectivity index (χ4v) is 5.18. The predicted molar refractivity (Wildman–Crippen MR) is 86.7 cm³/mol. The van der Waals surface area contributed by atoms with Gasteiger partial charge in [-0.15, -0.1) is 0 Å². The van der Waals surface area contributed by atoms with Crippen LogP contribution in [0, 0.1) is 35.5 Å². The number of carbonyl (C=O) groups is 3. The summed E-state index contributed by atoms with van der Waals surface area (Å²) in [5, 5.41) is 0.590. The Morgan fingerprint density at radius 1 is 1.00 bits per heavy atom. The first-order valence-electron chi connectivity index (χ1n) is 8.39. The highest BCUT2D eigenvalue weighted by Crippen LogP contribution is 2.65. The Morgan fingerprint density at radius 2 is 1.54 bits per heavy atom. The first-order valence-corrected chi connectivity index (χ1v) is 8.77. The van der Waals surface area contributed by atoms with Crippen molar-refractivity contribution < 1.29 is 14.4 Å². The van der Waals surface area contributed by atoms with E-state index in [1.54, 1.807) is 24.3 Å². The van der Waals surface area contributed by atoms with Gasteiger partial charge in [0.05, 0.1) is 18.3 Å². The van der Waals surface area contributed by atoms with Crippen molar-refractivity contribution in [1.29, 1.82) is 0 Å². The number of amides is 3. The molecule has 122 valence electrons. The van der Waals surface area contributed by atoms with Gasteiger partial charge in [-0.2, -0.15) is 0 Å². The molecule has 5 heteroatoms. The second-order valence-electron chi connectivity index (χ2n) is 7.36. The van der Waals surface area contributed by atoms with Crippen molar-refractivity contribution in [2.24, 2.45) is 35.5 Å². The van der Waals surface area contributed by atoms with Gasteiger partial charge in [-0.3, -0.25) is 14.4 Å². The van der Waals surface area contributed by atoms with Crippen LogP contribution in [-0.2, 0) is 20.8 Å². The van der Waals surface area contributed by atoms with E-state index in [1.807, 2.05) is 0 Å². The number of rotatable bonds is 2. The molecule has 1 aliphatic heterocycles. The Labute approximate surface area is 144 Å². The van der Waals surface area contributed by atoms with Crippen LogP contribution in [-0.4, -0.2) is 22.6 Å². The summed E-state index contributed by atoms with van der Waals surface area (Å²) in [5.41, 5.74) is 0.754. The maximum absolute atomic E-state index is 12.8. The third-order valence-corrected chi connectivity index (χ3v) is 6.43. The number of likely N-dealkylation sites (tertiary alicyclic amines) is 1. The molecule has 1 saturated heterocycles. The first kappa shape index (κ1) is 14.4. The number of hydrogen-bond donors (Lipinski definition) is 0. The van der Waals surface area contributed by atoms with Crippen LogP contribution in [0.5, 0.6) is 0 Å². The maximum Gasteiger partial charge on any atom is 0.240 e. The summed E-state index contributed by atoms with van der Waals surface area (Å²) in [6, 6.07) is 6.90. The molecule has 2 saturated carbocycles. The minimum absolute atomic E-state index is 0.0453. The molecule has 2 bridgehead atoms. The molecule has 0 unspecified atom stereocenters. The van der Waals surface area contributed by atoms with Gasteiger partial charge in [0, 0.05) is 5.02 Å². The Hall–Kier alpha value is -1.94. The second-order valence-corrected chi connectivity index (χ2v) is 7.80. The molecular weight excluding hydrogens is 326 g/mol. The van der Waals surface area contributed by atoms with Gasteiger partial charge in [0.25, 0.3) is 0 Å². The van der Waals surface area contributed by atoms with E-state index in [-0.39, 0.29) is 41.9 Å². The van der Waals surface area contributed by atoms with Gasteiger partial charge >= 0.3 is 0 Å². The van der Waals surface area contributed by atoms with Gasteiger partial charge in [-0.25, -0.2) is 4.90 Å². The lowest BCUT2D eigenvalue weighted by Crippen LogP contribution is -2.40. The van der Waals surface area contributed by atoms with E-state index in [0.717, 1.165) is 16.9 Å². The van der Waals surface area contributed by atoms with Crippen LogP contribution in [0.2, 0.25) is 5.02 Å². The van der Waals surface area contributed by atoms with Crippen LogP contribution in [0.15, 0.2) is 36.4 Å². The molecule has 4 nitrogen and oxygen atoms in total. The average molecular weight is 342 g/mol. The highest BCUT2D eigenvalue weighted by atomic mass is 35.5. The molecule has 0 spiro atoms. The lowest BCUT2D eigenvalue weighted by atomic mass is 9.63. The highest BCUT2D eigenvalue weighted by molar-refractivity contribution is 6.30. The number of halogens is 1. The minimum atomic E-state index is -0.421. The summed E-state index contributed by atoms with van der Waals surface area (Å²) in [7, 11) is 0. The quantitative estimate of drug-likeness (QED) is 0.613. The zero-order valence-electron chi connectivity index (χ0n) is 12.9. The Balaban J connectivity index is 1.41. The number of hydrogen-bond acceptors (Lipinski definition) is 3. The summed E-state index contributed by atoms with van der Waals surface area (Å²) in [5.74, 6) is -0.230. The molecule has 1 aromatic carbocycles. The van der Waals surface area contributed by atoms with Gasteiger partial charge < -0.3 is 0 Å². The molecule has 3 amide bonds. The van der Waals surface area contributed by atoms with E-state index >= 15 is 0 Å². The molecule has 1 heterocycles. The van der Waals surface area contributed by atoms with Crippen LogP contribution in [0.3, 0.4) is 0 Å². The Kier molecular flexibility index (Phi) is 2.88. The second kappa shape index (κ2) is 4.79. The van der Waals surface area contributed by atoms with Crippen LogP contribution in [0.4, 0.5) is 0 Å². The van der Waals surface area contributed by atoms with Crippen LogP contribution in [0.1, 0.15) is 12.0 Å². The standard InChI is InChI=1S/C19H16ClNO3/c20-10-3-1-9(2-4-10)7-15(22)21-18(23)16-11-5-6-12(14-8-13(11)14)17(16)19(21)24/h1-6,11-14,16-17H,7-8H2/t11-,12-,13-,14+,16-,17+/m0/s1. The van der Waals surface area contributed by atoms with Crippen molar-refractivity contribution in [3.8, 4) is 0 Å². The van der Waals surface area contributed by atoms with Gasteiger partial charge in [-0.1, -0.05) is 35.9 Å². The van der Waals surface area contributed by atoms with Crippen molar-refractivity contribution in [3.63, 3.8) is 0 Å². The van der Waals surface area contributed by atoms with Gasteiger partial charge in [0.2, 0.25) is 17.7 Å². The largest absolute Gasteiger partial charge is 0.274 e. The van der Waals surface area contributed by atoms with Crippen molar-refractivity contribution >= 4 is 29.3 Å². The lowest BCUT2D eigenvalue weighted by Gasteiger charge is -2.37. The van der Waals surface area contributed by atoms with Crippen molar-refractivity contribution in [2.45, 2.75) is 12.8 Å². The van der Waals surface area contributed by atoms with E-state index in [1.165, 1.54) is 0 Å². The summed E-state index contributed by atoms with van der Waals surface area (Å²) in [6.45, 7) is 0. The minimum Gasteiger partial charge on any atom is -0.274 e. The summed E-state index contributed by atoms with van der Waals surface area (Å²) in [6.07, 6.45) is 5.38.